The van der Waals surface area contributed by atoms with Crippen LogP contribution in [-0.4, -0.2) is 30.5 Å². The molecule has 0 radical (unpaired) electrons. The van der Waals surface area contributed by atoms with Crippen LogP contribution in [0.3, 0.4) is 0 Å². The van der Waals surface area contributed by atoms with E-state index in [2.05, 4.69) is 11.8 Å². The molecule has 1 aromatic carbocycles. The van der Waals surface area contributed by atoms with Gasteiger partial charge in [0.1, 0.15) is 11.6 Å². The van der Waals surface area contributed by atoms with Crippen LogP contribution in [0.1, 0.15) is 25.7 Å². The Morgan fingerprint density at radius 2 is 1.96 bits per heavy atom. The van der Waals surface area contributed by atoms with Crippen molar-refractivity contribution in [3.8, 4) is 17.6 Å². The van der Waals surface area contributed by atoms with Gasteiger partial charge in [-0.3, -0.25) is 0 Å². The van der Waals surface area contributed by atoms with Crippen LogP contribution in [0.5, 0.6) is 5.75 Å². The molecule has 0 atom stereocenters. The standard InChI is InChI=1S/C18H21ClFNO2/c1-21(18(22)23-17-10-8-16(20)9-11-17)13-15-6-4-14(5-7-15)3-2-12-19/h8-11,14-15H,4-7,12-13H2,1H3/t14-,15-. The number of alkyl halides is 1. The Morgan fingerprint density at radius 1 is 1.30 bits per heavy atom. The number of carbonyl (C=O) groups is 1. The van der Waals surface area contributed by atoms with E-state index in [4.69, 9.17) is 16.3 Å². The van der Waals surface area contributed by atoms with E-state index in [9.17, 15) is 9.18 Å². The van der Waals surface area contributed by atoms with Gasteiger partial charge in [0.25, 0.3) is 0 Å². The zero-order valence-electron chi connectivity index (χ0n) is 13.2. The Labute approximate surface area is 141 Å². The van der Waals surface area contributed by atoms with Gasteiger partial charge in [0.2, 0.25) is 0 Å². The minimum atomic E-state index is -0.416. The van der Waals surface area contributed by atoms with E-state index in [-0.39, 0.29) is 5.82 Å². The zero-order valence-corrected chi connectivity index (χ0v) is 14.0. The lowest BCUT2D eigenvalue weighted by molar-refractivity contribution is 0.148. The molecular weight excluding hydrogens is 317 g/mol. The summed E-state index contributed by atoms with van der Waals surface area (Å²) >= 11 is 5.58. The molecule has 0 bridgehead atoms. The number of nitrogens with zero attached hydrogens (tertiary/aromatic N) is 1. The number of rotatable bonds is 3. The Hall–Kier alpha value is -1.73. The van der Waals surface area contributed by atoms with Crippen molar-refractivity contribution in [3.63, 3.8) is 0 Å². The van der Waals surface area contributed by atoms with Crippen LogP contribution < -0.4 is 4.74 Å². The molecule has 1 fully saturated rings. The predicted octanol–water partition coefficient (Wildman–Crippen LogP) is 4.30. The molecule has 0 N–H and O–H groups in total. The van der Waals surface area contributed by atoms with Crippen LogP contribution in [0.15, 0.2) is 24.3 Å². The molecule has 3 nitrogen and oxygen atoms in total. The molecule has 0 spiro atoms. The first-order chi connectivity index (χ1) is 11.1. The van der Waals surface area contributed by atoms with Crippen molar-refractivity contribution in [2.75, 3.05) is 19.5 Å². The van der Waals surface area contributed by atoms with Gasteiger partial charge in [-0.1, -0.05) is 11.8 Å². The van der Waals surface area contributed by atoms with Crippen LogP contribution in [-0.2, 0) is 0 Å². The lowest BCUT2D eigenvalue weighted by atomic mass is 9.82. The van der Waals surface area contributed by atoms with Gasteiger partial charge in [-0.2, -0.15) is 0 Å². The molecule has 1 amide bonds. The number of benzene rings is 1. The summed E-state index contributed by atoms with van der Waals surface area (Å²) in [4.78, 5) is 13.6. The predicted molar refractivity (Wildman–Crippen MR) is 89.0 cm³/mol. The molecule has 5 heteroatoms. The number of ether oxygens (including phenoxy) is 1. The largest absolute Gasteiger partial charge is 0.414 e. The second-order valence-electron chi connectivity index (χ2n) is 5.87. The molecule has 0 heterocycles. The lowest BCUT2D eigenvalue weighted by Crippen LogP contribution is -2.35. The third-order valence-corrected chi connectivity index (χ3v) is 4.22. The first-order valence-corrected chi connectivity index (χ1v) is 8.35. The van der Waals surface area contributed by atoms with E-state index in [0.717, 1.165) is 25.7 Å². The van der Waals surface area contributed by atoms with E-state index >= 15 is 0 Å². The van der Waals surface area contributed by atoms with Crippen LogP contribution >= 0.6 is 11.6 Å². The quantitative estimate of drug-likeness (QED) is 0.607. The summed E-state index contributed by atoms with van der Waals surface area (Å²) in [5, 5.41) is 0. The molecule has 1 aliphatic rings. The van der Waals surface area contributed by atoms with Crippen LogP contribution in [0.4, 0.5) is 9.18 Å². The average Bonchev–Trinajstić information content (AvgIpc) is 2.56. The Balaban J connectivity index is 1.77. The van der Waals surface area contributed by atoms with E-state index in [1.54, 1.807) is 11.9 Å². The topological polar surface area (TPSA) is 29.5 Å². The van der Waals surface area contributed by atoms with Gasteiger partial charge in [-0.05, 0) is 55.9 Å². The third kappa shape index (κ3) is 5.76. The first-order valence-electron chi connectivity index (χ1n) is 7.81. The van der Waals surface area contributed by atoms with Crippen molar-refractivity contribution in [1.82, 2.24) is 4.90 Å². The smallest absolute Gasteiger partial charge is 0.410 e. The zero-order chi connectivity index (χ0) is 16.7. The summed E-state index contributed by atoms with van der Waals surface area (Å²) in [5.74, 6) is 7.40. The number of halogens is 2. The maximum absolute atomic E-state index is 12.8. The van der Waals surface area contributed by atoms with Gasteiger partial charge < -0.3 is 9.64 Å². The first kappa shape index (κ1) is 17.6. The summed E-state index contributed by atoms with van der Waals surface area (Å²) in [6.07, 6.45) is 3.79. The third-order valence-electron chi connectivity index (χ3n) is 4.08. The summed E-state index contributed by atoms with van der Waals surface area (Å²) in [6.45, 7) is 0.662. The average molecular weight is 338 g/mol. The summed E-state index contributed by atoms with van der Waals surface area (Å²) in [6, 6.07) is 5.43. The Bertz CT molecular complexity index is 571. The molecule has 0 unspecified atom stereocenters. The lowest BCUT2D eigenvalue weighted by Gasteiger charge is -2.29. The Morgan fingerprint density at radius 3 is 2.57 bits per heavy atom. The normalized spacial score (nSPS) is 20.3. The number of hydrogen-bond donors (Lipinski definition) is 0. The van der Waals surface area contributed by atoms with Crippen molar-refractivity contribution >= 4 is 17.7 Å². The molecule has 0 aliphatic heterocycles. The maximum atomic E-state index is 12.8. The highest BCUT2D eigenvalue weighted by Crippen LogP contribution is 2.29. The van der Waals surface area contributed by atoms with Crippen LogP contribution in [0.2, 0.25) is 0 Å². The summed E-state index contributed by atoms with van der Waals surface area (Å²) in [5.41, 5.74) is 0. The minimum absolute atomic E-state index is 0.350. The summed E-state index contributed by atoms with van der Waals surface area (Å²) in [7, 11) is 1.73. The van der Waals surface area contributed by atoms with Gasteiger partial charge >= 0.3 is 6.09 Å². The highest BCUT2D eigenvalue weighted by atomic mass is 35.5. The number of carbonyl (C=O) groups excluding carboxylic acids is 1. The molecule has 0 aromatic heterocycles. The van der Waals surface area contributed by atoms with Gasteiger partial charge in [0, 0.05) is 19.5 Å². The van der Waals surface area contributed by atoms with Crippen LogP contribution in [0.25, 0.3) is 0 Å². The van der Waals surface area contributed by atoms with Gasteiger partial charge in [-0.25, -0.2) is 9.18 Å². The minimum Gasteiger partial charge on any atom is -0.410 e. The van der Waals surface area contributed by atoms with Crippen molar-refractivity contribution in [3.05, 3.63) is 30.1 Å². The Kier molecular flexibility index (Phi) is 6.73. The number of hydrogen-bond acceptors (Lipinski definition) is 2. The molecule has 23 heavy (non-hydrogen) atoms. The maximum Gasteiger partial charge on any atom is 0.414 e. The van der Waals surface area contributed by atoms with E-state index in [1.807, 2.05) is 0 Å². The SMILES string of the molecule is CN(C[C@H]1CC[C@H](C#CCCl)CC1)C(=O)Oc1ccc(F)cc1. The van der Waals surface area contributed by atoms with Gasteiger partial charge in [0.05, 0.1) is 5.88 Å². The van der Waals surface area contributed by atoms with Gasteiger partial charge in [0.15, 0.2) is 0 Å². The number of amides is 1. The fourth-order valence-electron chi connectivity index (χ4n) is 2.82. The van der Waals surface area contributed by atoms with E-state index < -0.39 is 6.09 Å². The fraction of sp³-hybridized carbons (Fsp3) is 0.500. The monoisotopic (exact) mass is 337 g/mol. The molecule has 124 valence electrons. The molecule has 1 aromatic rings. The molecule has 2 rings (SSSR count). The molecule has 1 saturated carbocycles. The molecule has 1 aliphatic carbocycles. The summed E-state index contributed by atoms with van der Waals surface area (Å²) < 4.78 is 18.1. The highest BCUT2D eigenvalue weighted by Gasteiger charge is 2.23. The van der Waals surface area contributed by atoms with E-state index in [1.165, 1.54) is 24.3 Å². The van der Waals surface area contributed by atoms with Crippen molar-refractivity contribution < 1.29 is 13.9 Å². The van der Waals surface area contributed by atoms with Crippen molar-refractivity contribution in [1.29, 1.82) is 0 Å². The fourth-order valence-corrected chi connectivity index (χ4v) is 2.89. The van der Waals surface area contributed by atoms with Crippen LogP contribution in [0, 0.1) is 29.5 Å². The second kappa shape index (κ2) is 8.79. The highest BCUT2D eigenvalue weighted by molar-refractivity contribution is 6.19. The van der Waals surface area contributed by atoms with Gasteiger partial charge in [-0.15, -0.1) is 11.6 Å². The van der Waals surface area contributed by atoms with E-state index in [0.29, 0.717) is 30.0 Å². The second-order valence-corrected chi connectivity index (χ2v) is 6.14. The molecular formula is C18H21ClFNO2. The van der Waals surface area contributed by atoms with Crippen molar-refractivity contribution in [2.45, 2.75) is 25.7 Å². The molecule has 0 saturated heterocycles. The van der Waals surface area contributed by atoms with Crippen molar-refractivity contribution in [2.24, 2.45) is 11.8 Å².